The van der Waals surface area contributed by atoms with Crippen molar-refractivity contribution in [3.8, 4) is 11.5 Å². The predicted molar refractivity (Wildman–Crippen MR) is 92.1 cm³/mol. The monoisotopic (exact) mass is 335 g/mol. The van der Waals surface area contributed by atoms with Gasteiger partial charge in [-0.15, -0.1) is 0 Å². The van der Waals surface area contributed by atoms with E-state index in [0.29, 0.717) is 43.7 Å². The quantitative estimate of drug-likeness (QED) is 0.729. The number of nitrogens with zero attached hydrogens (tertiary/aromatic N) is 5. The van der Waals surface area contributed by atoms with Crippen LogP contribution in [-0.4, -0.2) is 52.1 Å². The highest BCUT2D eigenvalue weighted by Gasteiger charge is 2.25. The molecule has 0 bridgehead atoms. The summed E-state index contributed by atoms with van der Waals surface area (Å²) in [7, 11) is 0. The molecule has 25 heavy (non-hydrogen) atoms. The normalized spacial score (nSPS) is 14.6. The summed E-state index contributed by atoms with van der Waals surface area (Å²) in [6.45, 7) is 2.52. The fourth-order valence-corrected chi connectivity index (χ4v) is 2.80. The number of hydrogen-bond donors (Lipinski definition) is 0. The zero-order valence-corrected chi connectivity index (χ0v) is 13.6. The van der Waals surface area contributed by atoms with Gasteiger partial charge in [0.25, 0.3) is 17.7 Å². The Morgan fingerprint density at radius 1 is 0.960 bits per heavy atom. The van der Waals surface area contributed by atoms with Gasteiger partial charge in [-0.25, -0.2) is 0 Å². The van der Waals surface area contributed by atoms with E-state index in [1.54, 1.807) is 23.2 Å². The maximum Gasteiger partial charge on any atom is 0.272 e. The molecule has 1 saturated heterocycles. The van der Waals surface area contributed by atoms with Gasteiger partial charge in [0.2, 0.25) is 0 Å². The van der Waals surface area contributed by atoms with Crippen LogP contribution in [0.15, 0.2) is 59.3 Å². The number of hydrogen-bond acceptors (Lipinski definition) is 6. The second-order valence-electron chi connectivity index (χ2n) is 5.76. The van der Waals surface area contributed by atoms with Crippen LogP contribution in [0.1, 0.15) is 10.5 Å². The number of aromatic nitrogens is 3. The first-order valence-electron chi connectivity index (χ1n) is 8.15. The number of anilines is 1. The molecule has 0 aliphatic carbocycles. The van der Waals surface area contributed by atoms with Crippen molar-refractivity contribution >= 4 is 11.9 Å². The fourth-order valence-electron chi connectivity index (χ4n) is 2.80. The second kappa shape index (κ2) is 6.72. The first kappa shape index (κ1) is 15.3. The maximum atomic E-state index is 12.4. The third kappa shape index (κ3) is 3.21. The minimum atomic E-state index is -0.0432. The van der Waals surface area contributed by atoms with Crippen LogP contribution >= 0.6 is 0 Å². The number of benzene rings is 1. The number of carbonyl (C=O) groups is 1. The average molecular weight is 335 g/mol. The Balaban J connectivity index is 1.41. The van der Waals surface area contributed by atoms with Crippen LogP contribution in [0.3, 0.4) is 0 Å². The van der Waals surface area contributed by atoms with Gasteiger partial charge in [0.15, 0.2) is 0 Å². The van der Waals surface area contributed by atoms with Gasteiger partial charge < -0.3 is 14.3 Å². The van der Waals surface area contributed by atoms with E-state index in [1.807, 2.05) is 41.3 Å². The molecule has 1 aromatic carbocycles. The van der Waals surface area contributed by atoms with Gasteiger partial charge in [0.05, 0.1) is 0 Å². The number of carbonyl (C=O) groups excluding carboxylic acids is 1. The standard InChI is InChI=1S/C18H17N5O2/c24-17(15-8-4-5-9-19-15)22-10-12-23(13-11-22)18-20-16(25-21-18)14-6-2-1-3-7-14/h1-9H,10-13H2. The van der Waals surface area contributed by atoms with Gasteiger partial charge >= 0.3 is 0 Å². The van der Waals surface area contributed by atoms with Gasteiger partial charge in [-0.05, 0) is 29.4 Å². The van der Waals surface area contributed by atoms with Gasteiger partial charge in [-0.3, -0.25) is 9.78 Å². The highest BCUT2D eigenvalue weighted by atomic mass is 16.5. The van der Waals surface area contributed by atoms with E-state index in [0.717, 1.165) is 5.56 Å². The van der Waals surface area contributed by atoms with Crippen LogP contribution in [0.4, 0.5) is 5.95 Å². The van der Waals surface area contributed by atoms with Crippen molar-refractivity contribution in [3.63, 3.8) is 0 Å². The van der Waals surface area contributed by atoms with Crippen molar-refractivity contribution in [3.05, 3.63) is 60.4 Å². The Labute approximate surface area is 144 Å². The Bertz CT molecular complexity index is 842. The van der Waals surface area contributed by atoms with E-state index in [2.05, 4.69) is 15.1 Å². The molecular weight excluding hydrogens is 318 g/mol. The van der Waals surface area contributed by atoms with Crippen molar-refractivity contribution in [1.29, 1.82) is 0 Å². The van der Waals surface area contributed by atoms with Crippen molar-refractivity contribution in [2.24, 2.45) is 0 Å². The lowest BCUT2D eigenvalue weighted by Crippen LogP contribution is -2.49. The molecule has 3 aromatic rings. The molecule has 0 radical (unpaired) electrons. The zero-order valence-electron chi connectivity index (χ0n) is 13.6. The largest absolute Gasteiger partial charge is 0.335 e. The summed E-state index contributed by atoms with van der Waals surface area (Å²) in [4.78, 5) is 24.8. The Kier molecular flexibility index (Phi) is 4.12. The lowest BCUT2D eigenvalue weighted by Gasteiger charge is -2.33. The minimum Gasteiger partial charge on any atom is -0.335 e. The Morgan fingerprint density at radius 3 is 2.44 bits per heavy atom. The Hall–Kier alpha value is -3.22. The summed E-state index contributed by atoms with van der Waals surface area (Å²) >= 11 is 0. The highest BCUT2D eigenvalue weighted by molar-refractivity contribution is 5.92. The van der Waals surface area contributed by atoms with E-state index in [9.17, 15) is 4.79 Å². The van der Waals surface area contributed by atoms with Gasteiger partial charge in [0, 0.05) is 37.9 Å². The average Bonchev–Trinajstić information content (AvgIpc) is 3.19. The van der Waals surface area contributed by atoms with Gasteiger partial charge in [0.1, 0.15) is 5.69 Å². The summed E-state index contributed by atoms with van der Waals surface area (Å²) in [5.74, 6) is 1.02. The molecule has 0 saturated carbocycles. The van der Waals surface area contributed by atoms with Crippen LogP contribution in [0.25, 0.3) is 11.5 Å². The molecule has 0 spiro atoms. The molecule has 3 heterocycles. The third-order valence-corrected chi connectivity index (χ3v) is 4.17. The van der Waals surface area contributed by atoms with Gasteiger partial charge in [-0.2, -0.15) is 4.98 Å². The number of amides is 1. The molecule has 2 aromatic heterocycles. The van der Waals surface area contributed by atoms with Crippen molar-refractivity contribution in [1.82, 2.24) is 20.0 Å². The van der Waals surface area contributed by atoms with E-state index < -0.39 is 0 Å². The smallest absolute Gasteiger partial charge is 0.272 e. The first-order chi connectivity index (χ1) is 12.3. The first-order valence-corrected chi connectivity index (χ1v) is 8.15. The minimum absolute atomic E-state index is 0.0432. The molecule has 0 unspecified atom stereocenters. The molecule has 7 nitrogen and oxygen atoms in total. The van der Waals surface area contributed by atoms with E-state index in [4.69, 9.17) is 4.52 Å². The topological polar surface area (TPSA) is 75.4 Å². The van der Waals surface area contributed by atoms with E-state index >= 15 is 0 Å². The van der Waals surface area contributed by atoms with Crippen LogP contribution in [0.5, 0.6) is 0 Å². The van der Waals surface area contributed by atoms with Gasteiger partial charge in [-0.1, -0.05) is 24.3 Å². The Morgan fingerprint density at radius 2 is 1.72 bits per heavy atom. The number of piperazine rings is 1. The molecular formula is C18H17N5O2. The maximum absolute atomic E-state index is 12.4. The summed E-state index contributed by atoms with van der Waals surface area (Å²) in [6, 6.07) is 15.0. The molecule has 4 rings (SSSR count). The number of rotatable bonds is 3. The molecule has 1 amide bonds. The summed E-state index contributed by atoms with van der Waals surface area (Å²) in [6.07, 6.45) is 1.63. The van der Waals surface area contributed by atoms with Crippen LogP contribution in [0, 0.1) is 0 Å². The van der Waals surface area contributed by atoms with Crippen molar-refractivity contribution in [2.75, 3.05) is 31.1 Å². The highest BCUT2D eigenvalue weighted by Crippen LogP contribution is 2.20. The zero-order chi connectivity index (χ0) is 17.1. The van der Waals surface area contributed by atoms with E-state index in [1.165, 1.54) is 0 Å². The number of pyridine rings is 1. The van der Waals surface area contributed by atoms with Crippen LogP contribution in [0.2, 0.25) is 0 Å². The van der Waals surface area contributed by atoms with Crippen LogP contribution in [-0.2, 0) is 0 Å². The SMILES string of the molecule is O=C(c1ccccn1)N1CCN(c2noc(-c3ccccc3)n2)CC1. The molecule has 7 heteroatoms. The van der Waals surface area contributed by atoms with Crippen LogP contribution < -0.4 is 4.90 Å². The lowest BCUT2D eigenvalue weighted by atomic mass is 10.2. The molecule has 0 N–H and O–H groups in total. The molecule has 1 aliphatic heterocycles. The fraction of sp³-hybridized carbons (Fsp3) is 0.222. The molecule has 126 valence electrons. The van der Waals surface area contributed by atoms with E-state index in [-0.39, 0.29) is 5.91 Å². The summed E-state index contributed by atoms with van der Waals surface area (Å²) in [5.41, 5.74) is 1.37. The summed E-state index contributed by atoms with van der Waals surface area (Å²) in [5, 5.41) is 4.07. The van der Waals surface area contributed by atoms with Crippen molar-refractivity contribution in [2.45, 2.75) is 0 Å². The second-order valence-corrected chi connectivity index (χ2v) is 5.76. The van der Waals surface area contributed by atoms with Crippen molar-refractivity contribution < 1.29 is 9.32 Å². The molecule has 1 fully saturated rings. The third-order valence-electron chi connectivity index (χ3n) is 4.17. The molecule has 0 atom stereocenters. The predicted octanol–water partition coefficient (Wildman–Crippen LogP) is 2.09. The summed E-state index contributed by atoms with van der Waals surface area (Å²) < 4.78 is 5.35. The lowest BCUT2D eigenvalue weighted by molar-refractivity contribution is 0.0740. The molecule has 1 aliphatic rings.